The van der Waals surface area contributed by atoms with E-state index in [4.69, 9.17) is 0 Å². The summed E-state index contributed by atoms with van der Waals surface area (Å²) in [4.78, 5) is 2.33. The summed E-state index contributed by atoms with van der Waals surface area (Å²) in [5, 5.41) is 7.47. The summed E-state index contributed by atoms with van der Waals surface area (Å²) in [5.41, 5.74) is 5.08. The lowest BCUT2D eigenvalue weighted by Crippen LogP contribution is -2.27. The van der Waals surface area contributed by atoms with Crippen LogP contribution >= 0.6 is 0 Å². The first-order valence-corrected chi connectivity index (χ1v) is 7.03. The molecule has 0 aliphatic heterocycles. The summed E-state index contributed by atoms with van der Waals surface area (Å²) in [7, 11) is 6.14. The Hall–Kier alpha value is -1.65. The zero-order valence-electron chi connectivity index (χ0n) is 12.8. The quantitative estimate of drug-likeness (QED) is 0.873. The van der Waals surface area contributed by atoms with Gasteiger partial charge in [-0.25, -0.2) is 0 Å². The monoisotopic (exact) mass is 272 g/mol. The van der Waals surface area contributed by atoms with E-state index in [9.17, 15) is 0 Å². The molecule has 4 nitrogen and oxygen atoms in total. The van der Waals surface area contributed by atoms with Crippen molar-refractivity contribution in [3.05, 3.63) is 41.6 Å². The molecule has 1 heterocycles. The van der Waals surface area contributed by atoms with Crippen molar-refractivity contribution in [3.63, 3.8) is 0 Å². The van der Waals surface area contributed by atoms with Crippen molar-refractivity contribution in [3.8, 4) is 11.3 Å². The Kier molecular flexibility index (Phi) is 4.93. The molecule has 0 aliphatic rings. The van der Waals surface area contributed by atoms with Gasteiger partial charge in [-0.05, 0) is 38.7 Å². The third-order valence-electron chi connectivity index (χ3n) is 3.55. The minimum Gasteiger partial charge on any atom is -0.318 e. The largest absolute Gasteiger partial charge is 0.318 e. The first-order chi connectivity index (χ1) is 9.61. The van der Waals surface area contributed by atoms with E-state index in [1.165, 1.54) is 22.4 Å². The average Bonchev–Trinajstić information content (AvgIpc) is 2.84. The maximum atomic E-state index is 4.29. The van der Waals surface area contributed by atoms with Gasteiger partial charge in [0.25, 0.3) is 0 Å². The van der Waals surface area contributed by atoms with Crippen LogP contribution in [0.5, 0.6) is 0 Å². The molecule has 0 bridgehead atoms. The van der Waals surface area contributed by atoms with E-state index < -0.39 is 0 Å². The summed E-state index contributed by atoms with van der Waals surface area (Å²) in [5.74, 6) is 0. The number of hydrogen-bond acceptors (Lipinski definition) is 3. The lowest BCUT2D eigenvalue weighted by molar-refractivity contribution is 0.328. The van der Waals surface area contributed by atoms with Gasteiger partial charge in [-0.3, -0.25) is 4.68 Å². The van der Waals surface area contributed by atoms with Crippen molar-refractivity contribution in [2.24, 2.45) is 7.05 Å². The topological polar surface area (TPSA) is 33.1 Å². The summed E-state index contributed by atoms with van der Waals surface area (Å²) in [6.07, 6.45) is 1.85. The molecule has 1 aromatic heterocycles. The van der Waals surface area contributed by atoms with Crippen LogP contribution < -0.4 is 5.32 Å². The Morgan fingerprint density at radius 2 is 2.10 bits per heavy atom. The molecule has 0 atom stereocenters. The Labute approximate surface area is 121 Å². The zero-order chi connectivity index (χ0) is 14.5. The van der Waals surface area contributed by atoms with Crippen LogP contribution in [0.3, 0.4) is 0 Å². The molecular formula is C16H24N4. The van der Waals surface area contributed by atoms with Crippen LogP contribution in [0.1, 0.15) is 11.1 Å². The molecule has 1 aromatic carbocycles. The first kappa shape index (κ1) is 14.8. The second kappa shape index (κ2) is 6.68. The van der Waals surface area contributed by atoms with Gasteiger partial charge in [-0.1, -0.05) is 17.7 Å². The molecule has 2 aromatic rings. The second-order valence-electron chi connectivity index (χ2n) is 5.34. The number of nitrogens with zero attached hydrogens (tertiary/aromatic N) is 3. The molecule has 2 rings (SSSR count). The van der Waals surface area contributed by atoms with Crippen molar-refractivity contribution in [1.29, 1.82) is 0 Å². The molecule has 0 radical (unpaired) electrons. The number of hydrogen-bond donors (Lipinski definition) is 1. The van der Waals surface area contributed by atoms with Gasteiger partial charge in [0.1, 0.15) is 0 Å². The fourth-order valence-electron chi connectivity index (χ4n) is 2.38. The van der Waals surface area contributed by atoms with Crippen LogP contribution in [-0.4, -0.2) is 41.9 Å². The Bertz CT molecular complexity index is 559. The van der Waals surface area contributed by atoms with E-state index in [0.29, 0.717) is 0 Å². The SMILES string of the molecule is CNCCN(C)Cc1ccc(C)cc1-c1ccnn1C. The highest BCUT2D eigenvalue weighted by molar-refractivity contribution is 5.64. The number of rotatable bonds is 6. The Morgan fingerprint density at radius 1 is 1.30 bits per heavy atom. The molecule has 0 spiro atoms. The minimum atomic E-state index is 0.947. The lowest BCUT2D eigenvalue weighted by atomic mass is 10.0. The molecule has 0 amide bonds. The van der Waals surface area contributed by atoms with Crippen LogP contribution in [-0.2, 0) is 13.6 Å². The van der Waals surface area contributed by atoms with Gasteiger partial charge >= 0.3 is 0 Å². The summed E-state index contributed by atoms with van der Waals surface area (Å²) in [6, 6.07) is 8.73. The van der Waals surface area contributed by atoms with Gasteiger partial charge in [0.15, 0.2) is 0 Å². The molecular weight excluding hydrogens is 248 g/mol. The Morgan fingerprint density at radius 3 is 2.75 bits per heavy atom. The van der Waals surface area contributed by atoms with E-state index in [0.717, 1.165) is 19.6 Å². The van der Waals surface area contributed by atoms with Crippen LogP contribution in [0.2, 0.25) is 0 Å². The van der Waals surface area contributed by atoms with Crippen LogP contribution in [0.25, 0.3) is 11.3 Å². The number of nitrogens with one attached hydrogen (secondary N) is 1. The van der Waals surface area contributed by atoms with Gasteiger partial charge < -0.3 is 10.2 Å². The molecule has 0 saturated heterocycles. The van der Waals surface area contributed by atoms with Crippen molar-refractivity contribution in [1.82, 2.24) is 20.0 Å². The highest BCUT2D eigenvalue weighted by Gasteiger charge is 2.10. The number of likely N-dealkylation sites (N-methyl/N-ethyl adjacent to an activating group) is 2. The van der Waals surface area contributed by atoms with Gasteiger partial charge in [0.05, 0.1) is 5.69 Å². The molecule has 0 fully saturated rings. The number of benzene rings is 1. The van der Waals surface area contributed by atoms with Crippen molar-refractivity contribution >= 4 is 0 Å². The fourth-order valence-corrected chi connectivity index (χ4v) is 2.38. The third kappa shape index (κ3) is 3.46. The predicted molar refractivity (Wildman–Crippen MR) is 83.6 cm³/mol. The average molecular weight is 272 g/mol. The standard InChI is InChI=1S/C16H24N4/c1-13-5-6-14(12-19(3)10-9-17-2)15(11-13)16-7-8-18-20(16)4/h5-8,11,17H,9-10,12H2,1-4H3. The molecule has 108 valence electrons. The van der Waals surface area contributed by atoms with Crippen molar-refractivity contribution in [2.75, 3.05) is 27.2 Å². The van der Waals surface area contributed by atoms with E-state index in [2.05, 4.69) is 53.6 Å². The molecule has 0 saturated carbocycles. The van der Waals surface area contributed by atoms with E-state index in [-0.39, 0.29) is 0 Å². The van der Waals surface area contributed by atoms with E-state index in [1.807, 2.05) is 25.0 Å². The fraction of sp³-hybridized carbons (Fsp3) is 0.438. The highest BCUT2D eigenvalue weighted by Crippen LogP contribution is 2.25. The maximum Gasteiger partial charge on any atom is 0.0682 e. The Balaban J connectivity index is 2.27. The normalized spacial score (nSPS) is 11.2. The smallest absolute Gasteiger partial charge is 0.0682 e. The summed E-state index contributed by atoms with van der Waals surface area (Å²) >= 11 is 0. The van der Waals surface area contributed by atoms with Gasteiger partial charge in [-0.15, -0.1) is 0 Å². The van der Waals surface area contributed by atoms with Crippen LogP contribution in [0, 0.1) is 6.92 Å². The highest BCUT2D eigenvalue weighted by atomic mass is 15.3. The van der Waals surface area contributed by atoms with Crippen molar-refractivity contribution < 1.29 is 0 Å². The molecule has 0 unspecified atom stereocenters. The first-order valence-electron chi connectivity index (χ1n) is 7.03. The zero-order valence-corrected chi connectivity index (χ0v) is 12.8. The predicted octanol–water partition coefficient (Wildman–Crippen LogP) is 2.05. The molecule has 20 heavy (non-hydrogen) atoms. The van der Waals surface area contributed by atoms with Gasteiger partial charge in [-0.2, -0.15) is 5.10 Å². The summed E-state index contributed by atoms with van der Waals surface area (Å²) in [6.45, 7) is 5.12. The van der Waals surface area contributed by atoms with Gasteiger partial charge in [0.2, 0.25) is 0 Å². The van der Waals surface area contributed by atoms with Crippen LogP contribution in [0.4, 0.5) is 0 Å². The molecule has 0 aliphatic carbocycles. The van der Waals surface area contributed by atoms with Gasteiger partial charge in [0, 0.05) is 38.4 Å². The number of aryl methyl sites for hydroxylation is 2. The van der Waals surface area contributed by atoms with Crippen molar-refractivity contribution in [2.45, 2.75) is 13.5 Å². The molecule has 4 heteroatoms. The van der Waals surface area contributed by atoms with E-state index >= 15 is 0 Å². The summed E-state index contributed by atoms with van der Waals surface area (Å²) < 4.78 is 1.94. The van der Waals surface area contributed by atoms with E-state index in [1.54, 1.807) is 0 Å². The minimum absolute atomic E-state index is 0.947. The number of aromatic nitrogens is 2. The third-order valence-corrected chi connectivity index (χ3v) is 3.55. The maximum absolute atomic E-state index is 4.29. The second-order valence-corrected chi connectivity index (χ2v) is 5.34. The van der Waals surface area contributed by atoms with Crippen LogP contribution in [0.15, 0.2) is 30.5 Å². The molecule has 1 N–H and O–H groups in total. The lowest BCUT2D eigenvalue weighted by Gasteiger charge is -2.19.